The van der Waals surface area contributed by atoms with E-state index in [1.807, 2.05) is 0 Å². The van der Waals surface area contributed by atoms with E-state index in [0.29, 0.717) is 11.9 Å². The molecule has 2 heterocycles. The van der Waals surface area contributed by atoms with E-state index >= 15 is 0 Å². The first-order valence-electron chi connectivity index (χ1n) is 4.71. The van der Waals surface area contributed by atoms with Gasteiger partial charge in [0, 0.05) is 31.7 Å². The van der Waals surface area contributed by atoms with Gasteiger partial charge in [-0.2, -0.15) is 4.39 Å². The van der Waals surface area contributed by atoms with Gasteiger partial charge in [0.25, 0.3) is 0 Å². The number of hydrogen-bond donors (Lipinski definition) is 1. The second kappa shape index (κ2) is 3.88. The minimum absolute atomic E-state index is 0.418. The topological polar surface area (TPSA) is 41.1 Å². The lowest BCUT2D eigenvalue weighted by Crippen LogP contribution is -2.49. The average molecular weight is 196 g/mol. The molecule has 76 valence electrons. The summed E-state index contributed by atoms with van der Waals surface area (Å²) in [6, 6.07) is 1.79. The highest BCUT2D eigenvalue weighted by Gasteiger charge is 2.16. The molecule has 0 unspecified atom stereocenters. The number of anilines is 1. The molecule has 2 rings (SSSR count). The second-order valence-corrected chi connectivity index (χ2v) is 3.50. The van der Waals surface area contributed by atoms with Gasteiger partial charge in [-0.05, 0) is 6.92 Å². The molecule has 0 aromatic carbocycles. The van der Waals surface area contributed by atoms with E-state index in [-0.39, 0.29) is 0 Å². The fourth-order valence-corrected chi connectivity index (χ4v) is 1.64. The Hall–Kier alpha value is -1.23. The summed E-state index contributed by atoms with van der Waals surface area (Å²) in [7, 11) is 0. The van der Waals surface area contributed by atoms with Crippen LogP contribution < -0.4 is 10.2 Å². The zero-order valence-corrected chi connectivity index (χ0v) is 8.07. The van der Waals surface area contributed by atoms with Gasteiger partial charge in [0.05, 0.1) is 0 Å². The zero-order chi connectivity index (χ0) is 9.97. The lowest BCUT2D eigenvalue weighted by atomic mass is 10.2. The molecule has 1 aliphatic heterocycles. The maximum absolute atomic E-state index is 12.8. The fraction of sp³-hybridized carbons (Fsp3) is 0.556. The van der Waals surface area contributed by atoms with Crippen molar-refractivity contribution < 1.29 is 4.39 Å². The Morgan fingerprint density at radius 2 is 2.43 bits per heavy atom. The first kappa shape index (κ1) is 9.33. The highest BCUT2D eigenvalue weighted by atomic mass is 19.1. The van der Waals surface area contributed by atoms with Crippen molar-refractivity contribution in [1.29, 1.82) is 0 Å². The first-order valence-corrected chi connectivity index (χ1v) is 4.71. The number of nitrogens with zero attached hydrogens (tertiary/aromatic N) is 3. The Morgan fingerprint density at radius 3 is 3.14 bits per heavy atom. The maximum Gasteiger partial charge on any atom is 0.218 e. The molecule has 1 atom stereocenters. The van der Waals surface area contributed by atoms with Crippen molar-refractivity contribution in [3.05, 3.63) is 18.3 Å². The van der Waals surface area contributed by atoms with E-state index in [9.17, 15) is 4.39 Å². The van der Waals surface area contributed by atoms with Crippen molar-refractivity contribution in [2.75, 3.05) is 24.5 Å². The van der Waals surface area contributed by atoms with E-state index in [0.717, 1.165) is 19.6 Å². The summed E-state index contributed by atoms with van der Waals surface area (Å²) in [6.45, 7) is 4.73. The summed E-state index contributed by atoms with van der Waals surface area (Å²) in [4.78, 5) is 9.54. The summed E-state index contributed by atoms with van der Waals surface area (Å²) in [6.07, 6.45) is 1.26. The second-order valence-electron chi connectivity index (χ2n) is 3.50. The van der Waals surface area contributed by atoms with Gasteiger partial charge in [0.2, 0.25) is 5.95 Å². The van der Waals surface area contributed by atoms with Crippen molar-refractivity contribution in [3.63, 3.8) is 0 Å². The normalized spacial score (nSPS) is 22.4. The Labute approximate surface area is 82.2 Å². The van der Waals surface area contributed by atoms with Crippen molar-refractivity contribution in [2.24, 2.45) is 0 Å². The summed E-state index contributed by atoms with van der Waals surface area (Å²) >= 11 is 0. The van der Waals surface area contributed by atoms with E-state index in [2.05, 4.69) is 27.1 Å². The van der Waals surface area contributed by atoms with Crippen LogP contribution in [0.15, 0.2) is 12.4 Å². The van der Waals surface area contributed by atoms with Gasteiger partial charge in [0.1, 0.15) is 12.1 Å². The minimum atomic E-state index is -0.471. The van der Waals surface area contributed by atoms with E-state index in [4.69, 9.17) is 0 Å². The lowest BCUT2D eigenvalue weighted by Gasteiger charge is -2.32. The van der Waals surface area contributed by atoms with Crippen LogP contribution in [0.2, 0.25) is 0 Å². The van der Waals surface area contributed by atoms with E-state index < -0.39 is 5.95 Å². The van der Waals surface area contributed by atoms with Gasteiger partial charge in [-0.15, -0.1) is 0 Å². The third-order valence-electron chi connectivity index (χ3n) is 2.31. The number of rotatable bonds is 1. The number of hydrogen-bond acceptors (Lipinski definition) is 4. The van der Waals surface area contributed by atoms with Crippen LogP contribution in [-0.4, -0.2) is 35.6 Å². The minimum Gasteiger partial charge on any atom is -0.354 e. The van der Waals surface area contributed by atoms with Crippen LogP contribution in [0.5, 0.6) is 0 Å². The van der Waals surface area contributed by atoms with Crippen molar-refractivity contribution >= 4 is 5.82 Å². The van der Waals surface area contributed by atoms with Crippen LogP contribution in [0, 0.1) is 5.95 Å². The molecule has 0 saturated carbocycles. The quantitative estimate of drug-likeness (QED) is 0.661. The Balaban J connectivity index is 2.14. The fourth-order valence-electron chi connectivity index (χ4n) is 1.64. The molecule has 1 N–H and O–H groups in total. The maximum atomic E-state index is 12.8. The predicted molar refractivity (Wildman–Crippen MR) is 51.7 cm³/mol. The van der Waals surface area contributed by atoms with Crippen LogP contribution in [0.3, 0.4) is 0 Å². The summed E-state index contributed by atoms with van der Waals surface area (Å²) < 4.78 is 12.8. The molecule has 0 amide bonds. The Bertz CT molecular complexity index is 317. The molecule has 0 radical (unpaired) electrons. The highest BCUT2D eigenvalue weighted by Crippen LogP contribution is 2.12. The van der Waals surface area contributed by atoms with Crippen LogP contribution in [0.1, 0.15) is 6.92 Å². The molecule has 0 spiro atoms. The molecule has 14 heavy (non-hydrogen) atoms. The van der Waals surface area contributed by atoms with Gasteiger partial charge >= 0.3 is 0 Å². The molecular weight excluding hydrogens is 183 g/mol. The number of aromatic nitrogens is 2. The molecule has 1 aromatic rings. The summed E-state index contributed by atoms with van der Waals surface area (Å²) in [5, 5.41) is 3.32. The number of piperazine rings is 1. The third kappa shape index (κ3) is 1.98. The number of nitrogens with one attached hydrogen (secondary N) is 1. The zero-order valence-electron chi connectivity index (χ0n) is 8.07. The molecule has 1 aromatic heterocycles. The van der Waals surface area contributed by atoms with E-state index in [1.165, 1.54) is 12.4 Å². The molecule has 1 fully saturated rings. The molecule has 1 saturated heterocycles. The molecule has 4 nitrogen and oxygen atoms in total. The number of halogens is 1. The van der Waals surface area contributed by atoms with Gasteiger partial charge in [0.15, 0.2) is 0 Å². The van der Waals surface area contributed by atoms with E-state index in [1.54, 1.807) is 0 Å². The summed E-state index contributed by atoms with van der Waals surface area (Å²) in [5.74, 6) is 0.201. The van der Waals surface area contributed by atoms with Crippen molar-refractivity contribution in [2.45, 2.75) is 13.0 Å². The molecular formula is C9H13FN4. The van der Waals surface area contributed by atoms with Gasteiger partial charge in [-0.3, -0.25) is 0 Å². The SMILES string of the molecule is C[C@H]1CN(c2cc(F)ncn2)CCN1. The Kier molecular flexibility index (Phi) is 2.58. The van der Waals surface area contributed by atoms with Crippen molar-refractivity contribution in [1.82, 2.24) is 15.3 Å². The van der Waals surface area contributed by atoms with Gasteiger partial charge in [-0.25, -0.2) is 9.97 Å². The molecule has 1 aliphatic rings. The summed E-state index contributed by atoms with van der Waals surface area (Å²) in [5.41, 5.74) is 0. The predicted octanol–water partition coefficient (Wildman–Crippen LogP) is 0.414. The Morgan fingerprint density at radius 1 is 1.57 bits per heavy atom. The molecule has 5 heteroatoms. The first-order chi connectivity index (χ1) is 6.75. The molecule has 0 aliphatic carbocycles. The monoisotopic (exact) mass is 196 g/mol. The molecule has 0 bridgehead atoms. The third-order valence-corrected chi connectivity index (χ3v) is 2.31. The van der Waals surface area contributed by atoms with Crippen LogP contribution in [0.4, 0.5) is 10.2 Å². The standard InChI is InChI=1S/C9H13FN4/c1-7-5-14(3-2-11-7)9-4-8(10)12-6-13-9/h4,6-7,11H,2-3,5H2,1H3/t7-/m0/s1. The van der Waals surface area contributed by atoms with Gasteiger partial charge in [-0.1, -0.05) is 0 Å². The smallest absolute Gasteiger partial charge is 0.218 e. The van der Waals surface area contributed by atoms with Crippen LogP contribution in [0.25, 0.3) is 0 Å². The largest absolute Gasteiger partial charge is 0.354 e. The van der Waals surface area contributed by atoms with Crippen LogP contribution >= 0.6 is 0 Å². The highest BCUT2D eigenvalue weighted by molar-refractivity contribution is 5.37. The lowest BCUT2D eigenvalue weighted by molar-refractivity contribution is 0.480. The van der Waals surface area contributed by atoms with Gasteiger partial charge < -0.3 is 10.2 Å². The van der Waals surface area contributed by atoms with Crippen LogP contribution in [-0.2, 0) is 0 Å². The average Bonchev–Trinajstić information content (AvgIpc) is 2.18. The van der Waals surface area contributed by atoms with Crippen molar-refractivity contribution in [3.8, 4) is 0 Å².